The quantitative estimate of drug-likeness (QED) is 0.842. The van der Waals surface area contributed by atoms with Gasteiger partial charge in [0.05, 0.1) is 0 Å². The normalized spacial score (nSPS) is 12.4. The third-order valence-electron chi connectivity index (χ3n) is 3.98. The summed E-state index contributed by atoms with van der Waals surface area (Å²) in [5.74, 6) is 0. The molecular formula is C18H22BrN. The van der Waals surface area contributed by atoms with E-state index in [0.717, 1.165) is 10.9 Å². The fourth-order valence-corrected chi connectivity index (χ4v) is 2.90. The summed E-state index contributed by atoms with van der Waals surface area (Å²) in [6.45, 7) is 6.51. The van der Waals surface area contributed by atoms with Gasteiger partial charge in [-0.05, 0) is 74.2 Å². The molecule has 0 aliphatic heterocycles. The van der Waals surface area contributed by atoms with Crippen LogP contribution in [0.3, 0.4) is 0 Å². The molecule has 0 radical (unpaired) electrons. The summed E-state index contributed by atoms with van der Waals surface area (Å²) in [6, 6.07) is 13.6. The van der Waals surface area contributed by atoms with E-state index in [-0.39, 0.29) is 0 Å². The van der Waals surface area contributed by atoms with Gasteiger partial charge < -0.3 is 5.32 Å². The first kappa shape index (κ1) is 15.3. The van der Waals surface area contributed by atoms with Crippen molar-refractivity contribution in [3.63, 3.8) is 0 Å². The average molecular weight is 332 g/mol. The minimum Gasteiger partial charge on any atom is -0.313 e. The Kier molecular flexibility index (Phi) is 5.00. The molecule has 1 N–H and O–H groups in total. The first-order chi connectivity index (χ1) is 9.51. The maximum absolute atomic E-state index is 3.57. The Labute approximate surface area is 130 Å². The van der Waals surface area contributed by atoms with E-state index in [2.05, 4.69) is 78.4 Å². The molecule has 2 rings (SSSR count). The lowest BCUT2D eigenvalue weighted by molar-refractivity contribution is 0.588. The van der Waals surface area contributed by atoms with Gasteiger partial charge in [-0.3, -0.25) is 0 Å². The topological polar surface area (TPSA) is 12.0 Å². The summed E-state index contributed by atoms with van der Waals surface area (Å²) >= 11 is 3.57. The van der Waals surface area contributed by atoms with Crippen LogP contribution < -0.4 is 5.32 Å². The van der Waals surface area contributed by atoms with Crippen molar-refractivity contribution < 1.29 is 0 Å². The van der Waals surface area contributed by atoms with Crippen molar-refractivity contribution in [2.45, 2.75) is 33.2 Å². The molecule has 2 aromatic carbocycles. The minimum absolute atomic E-state index is 0.342. The maximum Gasteiger partial charge on any atom is 0.0361 e. The van der Waals surface area contributed by atoms with Crippen molar-refractivity contribution >= 4 is 15.9 Å². The van der Waals surface area contributed by atoms with Gasteiger partial charge in [0.1, 0.15) is 0 Å². The lowest BCUT2D eigenvalue weighted by Gasteiger charge is -2.20. The zero-order valence-corrected chi connectivity index (χ0v) is 14.2. The van der Waals surface area contributed by atoms with E-state index < -0.39 is 0 Å². The Hall–Kier alpha value is -1.12. The van der Waals surface area contributed by atoms with Crippen molar-refractivity contribution in [1.82, 2.24) is 5.32 Å². The zero-order chi connectivity index (χ0) is 14.7. The molecule has 1 unspecified atom stereocenters. The molecule has 2 aromatic rings. The van der Waals surface area contributed by atoms with Gasteiger partial charge in [-0.2, -0.15) is 0 Å². The molecule has 2 heteroatoms. The molecule has 0 spiro atoms. The van der Waals surface area contributed by atoms with Gasteiger partial charge in [-0.1, -0.05) is 40.2 Å². The minimum atomic E-state index is 0.342. The molecule has 0 fully saturated rings. The standard InChI is InChI=1S/C18H22BrN/c1-12-5-7-15(9-14(12)3)10-18(20-4)17-11-16(19)8-6-13(17)2/h5-9,11,18,20H,10H2,1-4H3. The predicted octanol–water partition coefficient (Wildman–Crippen LogP) is 4.88. The lowest BCUT2D eigenvalue weighted by atomic mass is 9.94. The Bertz CT molecular complexity index is 604. The highest BCUT2D eigenvalue weighted by Crippen LogP contribution is 2.25. The lowest BCUT2D eigenvalue weighted by Crippen LogP contribution is -2.20. The summed E-state index contributed by atoms with van der Waals surface area (Å²) in [7, 11) is 2.03. The Morgan fingerprint density at radius 1 is 0.950 bits per heavy atom. The highest BCUT2D eigenvalue weighted by molar-refractivity contribution is 9.10. The number of benzene rings is 2. The number of hydrogen-bond donors (Lipinski definition) is 1. The third kappa shape index (κ3) is 3.50. The number of halogens is 1. The predicted molar refractivity (Wildman–Crippen MR) is 90.3 cm³/mol. The summed E-state index contributed by atoms with van der Waals surface area (Å²) in [5.41, 5.74) is 6.79. The smallest absolute Gasteiger partial charge is 0.0361 e. The van der Waals surface area contributed by atoms with Gasteiger partial charge >= 0.3 is 0 Å². The van der Waals surface area contributed by atoms with E-state index in [1.165, 1.54) is 27.8 Å². The number of hydrogen-bond acceptors (Lipinski definition) is 1. The Morgan fingerprint density at radius 3 is 2.30 bits per heavy atom. The number of aryl methyl sites for hydroxylation is 3. The first-order valence-corrected chi connectivity index (χ1v) is 7.80. The summed E-state index contributed by atoms with van der Waals surface area (Å²) in [5, 5.41) is 3.45. The summed E-state index contributed by atoms with van der Waals surface area (Å²) < 4.78 is 1.14. The molecule has 20 heavy (non-hydrogen) atoms. The average Bonchev–Trinajstić information content (AvgIpc) is 2.43. The number of rotatable bonds is 4. The van der Waals surface area contributed by atoms with Gasteiger partial charge in [0.15, 0.2) is 0 Å². The summed E-state index contributed by atoms with van der Waals surface area (Å²) in [6.07, 6.45) is 1.01. The Balaban J connectivity index is 2.28. The van der Waals surface area contributed by atoms with E-state index >= 15 is 0 Å². The van der Waals surface area contributed by atoms with E-state index in [0.29, 0.717) is 6.04 Å². The van der Waals surface area contributed by atoms with Gasteiger partial charge in [0.2, 0.25) is 0 Å². The van der Waals surface area contributed by atoms with Crippen LogP contribution in [0.25, 0.3) is 0 Å². The van der Waals surface area contributed by atoms with E-state index in [4.69, 9.17) is 0 Å². The van der Waals surface area contributed by atoms with Gasteiger partial charge in [-0.25, -0.2) is 0 Å². The van der Waals surface area contributed by atoms with Crippen molar-refractivity contribution in [1.29, 1.82) is 0 Å². The monoisotopic (exact) mass is 331 g/mol. The van der Waals surface area contributed by atoms with Gasteiger partial charge in [0.25, 0.3) is 0 Å². The van der Waals surface area contributed by atoms with E-state index in [1.807, 2.05) is 7.05 Å². The molecule has 1 nitrogen and oxygen atoms in total. The van der Waals surface area contributed by atoms with Crippen LogP contribution >= 0.6 is 15.9 Å². The SMILES string of the molecule is CNC(Cc1ccc(C)c(C)c1)c1cc(Br)ccc1C. The molecule has 106 valence electrons. The van der Waals surface area contributed by atoms with E-state index in [9.17, 15) is 0 Å². The van der Waals surface area contributed by atoms with Gasteiger partial charge in [0, 0.05) is 10.5 Å². The van der Waals surface area contributed by atoms with Crippen LogP contribution in [-0.2, 0) is 6.42 Å². The second-order valence-electron chi connectivity index (χ2n) is 5.46. The first-order valence-electron chi connectivity index (χ1n) is 7.00. The molecule has 0 amide bonds. The van der Waals surface area contributed by atoms with Crippen molar-refractivity contribution in [3.05, 3.63) is 68.7 Å². The fourth-order valence-electron chi connectivity index (χ4n) is 2.52. The molecule has 0 saturated heterocycles. The Morgan fingerprint density at radius 2 is 1.65 bits per heavy atom. The molecule has 0 aliphatic rings. The van der Waals surface area contributed by atoms with Crippen molar-refractivity contribution in [2.75, 3.05) is 7.05 Å². The molecule has 0 aromatic heterocycles. The second-order valence-corrected chi connectivity index (χ2v) is 6.38. The summed E-state index contributed by atoms with van der Waals surface area (Å²) in [4.78, 5) is 0. The zero-order valence-electron chi connectivity index (χ0n) is 12.6. The largest absolute Gasteiger partial charge is 0.313 e. The molecule has 0 saturated carbocycles. The highest BCUT2D eigenvalue weighted by Gasteiger charge is 2.13. The van der Waals surface area contributed by atoms with Crippen LogP contribution in [0.4, 0.5) is 0 Å². The van der Waals surface area contributed by atoms with Crippen LogP contribution in [0, 0.1) is 20.8 Å². The fraction of sp³-hybridized carbons (Fsp3) is 0.333. The molecule has 1 atom stereocenters. The van der Waals surface area contributed by atoms with Crippen LogP contribution in [0.2, 0.25) is 0 Å². The molecule has 0 aliphatic carbocycles. The van der Waals surface area contributed by atoms with Crippen LogP contribution in [-0.4, -0.2) is 7.05 Å². The molecular weight excluding hydrogens is 310 g/mol. The van der Waals surface area contributed by atoms with E-state index in [1.54, 1.807) is 0 Å². The van der Waals surface area contributed by atoms with Crippen LogP contribution in [0.15, 0.2) is 40.9 Å². The number of likely N-dealkylation sites (N-methyl/N-ethyl adjacent to an activating group) is 1. The van der Waals surface area contributed by atoms with Crippen molar-refractivity contribution in [3.8, 4) is 0 Å². The van der Waals surface area contributed by atoms with Gasteiger partial charge in [-0.15, -0.1) is 0 Å². The third-order valence-corrected chi connectivity index (χ3v) is 4.47. The second kappa shape index (κ2) is 6.55. The highest BCUT2D eigenvalue weighted by atomic mass is 79.9. The van der Waals surface area contributed by atoms with Crippen LogP contribution in [0.5, 0.6) is 0 Å². The molecule has 0 bridgehead atoms. The molecule has 0 heterocycles. The van der Waals surface area contributed by atoms with Crippen molar-refractivity contribution in [2.24, 2.45) is 0 Å². The number of nitrogens with one attached hydrogen (secondary N) is 1. The van der Waals surface area contributed by atoms with Crippen LogP contribution in [0.1, 0.15) is 33.9 Å². The maximum atomic E-state index is 3.57.